The largest absolute Gasteiger partial charge is 0.495 e. The number of rotatable bonds is 5. The predicted octanol–water partition coefficient (Wildman–Crippen LogP) is 3.21. The number of nitrogens with zero attached hydrogens (tertiary/aromatic N) is 3. The third-order valence-electron chi connectivity index (χ3n) is 6.61. The van der Waals surface area contributed by atoms with Crippen molar-refractivity contribution in [3.05, 3.63) is 48.0 Å². The van der Waals surface area contributed by atoms with Gasteiger partial charge in [-0.15, -0.1) is 0 Å². The Morgan fingerprint density at radius 1 is 0.967 bits per heavy atom. The highest BCUT2D eigenvalue weighted by molar-refractivity contribution is 5.58. The summed E-state index contributed by atoms with van der Waals surface area (Å²) in [6.07, 6.45) is 2.54. The first-order chi connectivity index (χ1) is 14.8. The van der Waals surface area contributed by atoms with E-state index in [1.165, 1.54) is 24.1 Å². The fourth-order valence-corrected chi connectivity index (χ4v) is 5.05. The Morgan fingerprint density at radius 2 is 1.83 bits per heavy atom. The standard InChI is InChI=1S/C24H31N3O3/c1-28-22-9-3-2-8-21(22)27-14-12-26(13-15-27)20-7-5-11-25(17-20)16-19-6-4-10-23-24(19)30-18-29-23/h2-4,6,8-10,20H,5,7,11-18H2,1H3. The zero-order valence-corrected chi connectivity index (χ0v) is 17.8. The number of para-hydroxylation sites is 3. The van der Waals surface area contributed by atoms with Crippen LogP contribution < -0.4 is 19.1 Å². The first-order valence-electron chi connectivity index (χ1n) is 11.0. The van der Waals surface area contributed by atoms with Crippen molar-refractivity contribution in [3.8, 4) is 17.2 Å². The van der Waals surface area contributed by atoms with E-state index in [1.54, 1.807) is 7.11 Å². The van der Waals surface area contributed by atoms with Gasteiger partial charge in [-0.05, 0) is 37.6 Å². The summed E-state index contributed by atoms with van der Waals surface area (Å²) in [6, 6.07) is 15.2. The van der Waals surface area contributed by atoms with E-state index in [1.807, 2.05) is 12.1 Å². The lowest BCUT2D eigenvalue weighted by Gasteiger charge is -2.44. The molecule has 2 saturated heterocycles. The number of hydrogen-bond donors (Lipinski definition) is 0. The minimum atomic E-state index is 0.339. The van der Waals surface area contributed by atoms with Crippen LogP contribution in [0.3, 0.4) is 0 Å². The summed E-state index contributed by atoms with van der Waals surface area (Å²) in [5.74, 6) is 2.79. The van der Waals surface area contributed by atoms with Gasteiger partial charge in [-0.2, -0.15) is 0 Å². The van der Waals surface area contributed by atoms with Crippen molar-refractivity contribution >= 4 is 5.69 Å². The Balaban J connectivity index is 1.19. The number of likely N-dealkylation sites (tertiary alicyclic amines) is 1. The number of piperidine rings is 1. The highest BCUT2D eigenvalue weighted by Gasteiger charge is 2.29. The first-order valence-corrected chi connectivity index (χ1v) is 11.0. The van der Waals surface area contributed by atoms with Gasteiger partial charge < -0.3 is 19.1 Å². The van der Waals surface area contributed by atoms with Gasteiger partial charge in [0.15, 0.2) is 11.5 Å². The molecule has 6 heteroatoms. The molecule has 6 nitrogen and oxygen atoms in total. The second-order valence-corrected chi connectivity index (χ2v) is 8.38. The van der Waals surface area contributed by atoms with Crippen molar-refractivity contribution in [2.24, 2.45) is 0 Å². The molecule has 3 aliphatic heterocycles. The molecule has 0 radical (unpaired) electrons. The second-order valence-electron chi connectivity index (χ2n) is 8.38. The minimum absolute atomic E-state index is 0.339. The summed E-state index contributed by atoms with van der Waals surface area (Å²) >= 11 is 0. The van der Waals surface area contributed by atoms with Gasteiger partial charge in [0.05, 0.1) is 12.8 Å². The number of benzene rings is 2. The van der Waals surface area contributed by atoms with Crippen LogP contribution in [0.15, 0.2) is 42.5 Å². The van der Waals surface area contributed by atoms with Crippen molar-refractivity contribution < 1.29 is 14.2 Å². The molecule has 2 aromatic rings. The van der Waals surface area contributed by atoms with Gasteiger partial charge in [0, 0.05) is 50.9 Å². The van der Waals surface area contributed by atoms with E-state index in [9.17, 15) is 0 Å². The molecular formula is C24H31N3O3. The fraction of sp³-hybridized carbons (Fsp3) is 0.500. The van der Waals surface area contributed by atoms with Gasteiger partial charge in [-0.25, -0.2) is 0 Å². The number of piperazine rings is 1. The van der Waals surface area contributed by atoms with Crippen LogP contribution in [0.25, 0.3) is 0 Å². The van der Waals surface area contributed by atoms with E-state index in [-0.39, 0.29) is 0 Å². The normalized spacial score (nSPS) is 22.3. The maximum absolute atomic E-state index is 5.71. The van der Waals surface area contributed by atoms with Gasteiger partial charge in [-0.1, -0.05) is 24.3 Å². The summed E-state index contributed by atoms with van der Waals surface area (Å²) in [5, 5.41) is 0. The van der Waals surface area contributed by atoms with E-state index in [0.29, 0.717) is 12.8 Å². The molecule has 0 aromatic heterocycles. The molecule has 5 rings (SSSR count). The zero-order valence-electron chi connectivity index (χ0n) is 17.8. The van der Waals surface area contributed by atoms with E-state index < -0.39 is 0 Å². The van der Waals surface area contributed by atoms with E-state index in [4.69, 9.17) is 14.2 Å². The third kappa shape index (κ3) is 3.94. The maximum Gasteiger partial charge on any atom is 0.231 e. The highest BCUT2D eigenvalue weighted by atomic mass is 16.7. The number of fused-ring (bicyclic) bond motifs is 1. The Hall–Kier alpha value is -2.44. The summed E-state index contributed by atoms with van der Waals surface area (Å²) in [5.41, 5.74) is 2.46. The Morgan fingerprint density at radius 3 is 2.70 bits per heavy atom. The van der Waals surface area contributed by atoms with Crippen LogP contribution in [-0.2, 0) is 6.54 Å². The molecule has 1 unspecified atom stereocenters. The van der Waals surface area contributed by atoms with Crippen LogP contribution in [0.5, 0.6) is 17.2 Å². The monoisotopic (exact) mass is 409 g/mol. The quantitative estimate of drug-likeness (QED) is 0.755. The smallest absolute Gasteiger partial charge is 0.231 e. The molecule has 3 heterocycles. The average molecular weight is 410 g/mol. The topological polar surface area (TPSA) is 37.4 Å². The van der Waals surface area contributed by atoms with Crippen molar-refractivity contribution in [1.29, 1.82) is 0 Å². The molecular weight excluding hydrogens is 378 g/mol. The van der Waals surface area contributed by atoms with E-state index in [2.05, 4.69) is 45.0 Å². The molecule has 0 N–H and O–H groups in total. The van der Waals surface area contributed by atoms with Crippen LogP contribution in [0.2, 0.25) is 0 Å². The lowest BCUT2D eigenvalue weighted by atomic mass is 10.0. The molecule has 2 aromatic carbocycles. The summed E-state index contributed by atoms with van der Waals surface area (Å²) in [4.78, 5) is 7.73. The first kappa shape index (κ1) is 19.5. The molecule has 160 valence electrons. The van der Waals surface area contributed by atoms with Crippen LogP contribution >= 0.6 is 0 Å². The fourth-order valence-electron chi connectivity index (χ4n) is 5.05. The molecule has 0 aliphatic carbocycles. The number of hydrogen-bond acceptors (Lipinski definition) is 6. The Labute approximate surface area is 178 Å². The van der Waals surface area contributed by atoms with Gasteiger partial charge in [0.2, 0.25) is 6.79 Å². The average Bonchev–Trinajstić information content (AvgIpc) is 3.29. The van der Waals surface area contributed by atoms with Gasteiger partial charge >= 0.3 is 0 Å². The van der Waals surface area contributed by atoms with Gasteiger partial charge in [0.1, 0.15) is 5.75 Å². The second kappa shape index (κ2) is 8.74. The van der Waals surface area contributed by atoms with Crippen LogP contribution in [0.4, 0.5) is 5.69 Å². The van der Waals surface area contributed by atoms with Gasteiger partial charge in [-0.3, -0.25) is 9.80 Å². The van der Waals surface area contributed by atoms with E-state index >= 15 is 0 Å². The molecule has 0 spiro atoms. The zero-order chi connectivity index (χ0) is 20.3. The molecule has 2 fully saturated rings. The third-order valence-corrected chi connectivity index (χ3v) is 6.61. The van der Waals surface area contributed by atoms with Crippen molar-refractivity contribution in [1.82, 2.24) is 9.80 Å². The SMILES string of the molecule is COc1ccccc1N1CCN(C2CCCN(Cc3cccc4c3OCO4)C2)CC1. The lowest BCUT2D eigenvalue weighted by Crippen LogP contribution is -2.55. The van der Waals surface area contributed by atoms with Crippen LogP contribution in [0.1, 0.15) is 18.4 Å². The predicted molar refractivity (Wildman–Crippen MR) is 118 cm³/mol. The van der Waals surface area contributed by atoms with Crippen molar-refractivity contribution in [3.63, 3.8) is 0 Å². The summed E-state index contributed by atoms with van der Waals surface area (Å²) < 4.78 is 16.8. The van der Waals surface area contributed by atoms with Crippen LogP contribution in [-0.4, -0.2) is 69.0 Å². The highest BCUT2D eigenvalue weighted by Crippen LogP contribution is 2.36. The molecule has 0 amide bonds. The number of methoxy groups -OCH3 is 1. The minimum Gasteiger partial charge on any atom is -0.495 e. The van der Waals surface area contributed by atoms with E-state index in [0.717, 1.165) is 63.1 Å². The van der Waals surface area contributed by atoms with Crippen molar-refractivity contribution in [2.75, 3.05) is 58.1 Å². The summed E-state index contributed by atoms with van der Waals surface area (Å²) in [6.45, 7) is 7.86. The molecule has 0 saturated carbocycles. The lowest BCUT2D eigenvalue weighted by molar-refractivity contribution is 0.0880. The van der Waals surface area contributed by atoms with Crippen LogP contribution in [0, 0.1) is 0 Å². The molecule has 1 atom stereocenters. The number of anilines is 1. The Bertz CT molecular complexity index is 867. The number of ether oxygens (including phenoxy) is 3. The maximum atomic E-state index is 5.71. The van der Waals surface area contributed by atoms with Crippen molar-refractivity contribution in [2.45, 2.75) is 25.4 Å². The van der Waals surface area contributed by atoms with Gasteiger partial charge in [0.25, 0.3) is 0 Å². The Kier molecular flexibility index (Phi) is 5.69. The summed E-state index contributed by atoms with van der Waals surface area (Å²) in [7, 11) is 1.75. The molecule has 0 bridgehead atoms. The molecule has 30 heavy (non-hydrogen) atoms. The molecule has 3 aliphatic rings.